The van der Waals surface area contributed by atoms with Gasteiger partial charge in [0.25, 0.3) is 11.5 Å². The van der Waals surface area contributed by atoms with E-state index in [9.17, 15) is 22.8 Å². The van der Waals surface area contributed by atoms with Crippen LogP contribution < -0.4 is 10.9 Å². The Morgan fingerprint density at radius 3 is 2.62 bits per heavy atom. The van der Waals surface area contributed by atoms with Gasteiger partial charge >= 0.3 is 6.18 Å². The van der Waals surface area contributed by atoms with Gasteiger partial charge in [-0.05, 0) is 18.6 Å². The summed E-state index contributed by atoms with van der Waals surface area (Å²) in [6.45, 7) is 2.00. The van der Waals surface area contributed by atoms with E-state index in [-0.39, 0.29) is 18.6 Å². The maximum Gasteiger partial charge on any atom is 0.417 e. The number of hydrogen-bond donors (Lipinski definition) is 1. The molecule has 8 heteroatoms. The summed E-state index contributed by atoms with van der Waals surface area (Å²) < 4.78 is 39.9. The molecule has 0 spiro atoms. The maximum absolute atomic E-state index is 12.9. The number of carbonyl (C=O) groups is 1. The molecule has 128 valence electrons. The van der Waals surface area contributed by atoms with Gasteiger partial charge in [-0.25, -0.2) is 4.98 Å². The minimum Gasteiger partial charge on any atom is -0.350 e. The number of carbonyl (C=O) groups excluding carboxylic acids is 1. The van der Waals surface area contributed by atoms with Gasteiger partial charge in [0, 0.05) is 24.8 Å². The van der Waals surface area contributed by atoms with Crippen LogP contribution in [0.25, 0.3) is 0 Å². The molecule has 1 heterocycles. The van der Waals surface area contributed by atoms with Crippen LogP contribution in [0.5, 0.6) is 0 Å². The zero-order valence-corrected chi connectivity index (χ0v) is 12.9. The van der Waals surface area contributed by atoms with Gasteiger partial charge in [0.05, 0.1) is 17.5 Å². The fourth-order valence-electron chi connectivity index (χ4n) is 2.14. The SMILES string of the molecule is CCc1cc(=O)n(CCNC(=O)c2ccccc2C(F)(F)F)cn1. The highest BCUT2D eigenvalue weighted by atomic mass is 19.4. The number of aromatic nitrogens is 2. The topological polar surface area (TPSA) is 64.0 Å². The first-order valence-electron chi connectivity index (χ1n) is 7.32. The monoisotopic (exact) mass is 339 g/mol. The molecule has 1 aromatic heterocycles. The third kappa shape index (κ3) is 4.21. The van der Waals surface area contributed by atoms with Crippen LogP contribution in [-0.2, 0) is 19.1 Å². The van der Waals surface area contributed by atoms with Crippen molar-refractivity contribution in [2.75, 3.05) is 6.54 Å². The maximum atomic E-state index is 12.9. The summed E-state index contributed by atoms with van der Waals surface area (Å²) in [6, 6.07) is 5.94. The summed E-state index contributed by atoms with van der Waals surface area (Å²) >= 11 is 0. The van der Waals surface area contributed by atoms with E-state index >= 15 is 0 Å². The normalized spacial score (nSPS) is 11.3. The van der Waals surface area contributed by atoms with Gasteiger partial charge in [0.2, 0.25) is 0 Å². The summed E-state index contributed by atoms with van der Waals surface area (Å²) in [5.41, 5.74) is -1.06. The lowest BCUT2D eigenvalue weighted by molar-refractivity contribution is -0.137. The number of aryl methyl sites for hydroxylation is 1. The molecule has 0 unspecified atom stereocenters. The summed E-state index contributed by atoms with van der Waals surface area (Å²) in [4.78, 5) is 27.8. The Morgan fingerprint density at radius 1 is 1.29 bits per heavy atom. The Morgan fingerprint density at radius 2 is 2.00 bits per heavy atom. The van der Waals surface area contributed by atoms with Crippen LogP contribution in [-0.4, -0.2) is 22.0 Å². The van der Waals surface area contributed by atoms with E-state index < -0.39 is 23.2 Å². The number of benzene rings is 1. The molecule has 5 nitrogen and oxygen atoms in total. The molecule has 0 aliphatic carbocycles. The van der Waals surface area contributed by atoms with E-state index in [1.807, 2.05) is 6.92 Å². The molecule has 0 bridgehead atoms. The fraction of sp³-hybridized carbons (Fsp3) is 0.312. The molecule has 0 saturated carbocycles. The van der Waals surface area contributed by atoms with Crippen molar-refractivity contribution in [1.29, 1.82) is 0 Å². The minimum absolute atomic E-state index is 0.0120. The average Bonchev–Trinajstić information content (AvgIpc) is 2.55. The summed E-state index contributed by atoms with van der Waals surface area (Å²) in [5.74, 6) is -0.839. The number of nitrogens with zero attached hydrogens (tertiary/aromatic N) is 2. The molecule has 0 fully saturated rings. The van der Waals surface area contributed by atoms with E-state index in [2.05, 4.69) is 10.3 Å². The number of rotatable bonds is 5. The van der Waals surface area contributed by atoms with Crippen molar-refractivity contribution >= 4 is 5.91 Å². The van der Waals surface area contributed by atoms with Gasteiger partial charge in [-0.1, -0.05) is 19.1 Å². The fourth-order valence-corrected chi connectivity index (χ4v) is 2.14. The summed E-state index contributed by atoms with van der Waals surface area (Å²) in [6.07, 6.45) is -2.62. The first kappa shape index (κ1) is 17.7. The summed E-state index contributed by atoms with van der Waals surface area (Å²) in [5, 5.41) is 2.39. The molecule has 1 N–H and O–H groups in total. The quantitative estimate of drug-likeness (QED) is 0.909. The number of nitrogens with one attached hydrogen (secondary N) is 1. The highest BCUT2D eigenvalue weighted by molar-refractivity contribution is 5.95. The first-order valence-corrected chi connectivity index (χ1v) is 7.32. The molecule has 2 rings (SSSR count). The standard InChI is InChI=1S/C16H16F3N3O2/c1-2-11-9-14(23)22(10-21-11)8-7-20-15(24)12-5-3-4-6-13(12)16(17,18)19/h3-6,9-10H,2,7-8H2,1H3,(H,20,24). The number of hydrogen-bond acceptors (Lipinski definition) is 3. The van der Waals surface area contributed by atoms with Crippen molar-refractivity contribution in [3.05, 3.63) is 63.8 Å². The number of alkyl halides is 3. The second kappa shape index (κ2) is 7.29. The number of halogens is 3. The van der Waals surface area contributed by atoms with Gasteiger partial charge < -0.3 is 5.32 Å². The Hall–Kier alpha value is -2.64. The van der Waals surface area contributed by atoms with Crippen LogP contribution >= 0.6 is 0 Å². The Balaban J connectivity index is 2.03. The molecular weight excluding hydrogens is 323 g/mol. The van der Waals surface area contributed by atoms with Gasteiger partial charge in [0.1, 0.15) is 0 Å². The Bertz CT molecular complexity index is 785. The molecule has 0 atom stereocenters. The molecular formula is C16H16F3N3O2. The lowest BCUT2D eigenvalue weighted by Crippen LogP contribution is -2.32. The van der Waals surface area contributed by atoms with Gasteiger partial charge in [0.15, 0.2) is 0 Å². The highest BCUT2D eigenvalue weighted by Gasteiger charge is 2.34. The average molecular weight is 339 g/mol. The van der Waals surface area contributed by atoms with Crippen LogP contribution in [0.3, 0.4) is 0 Å². The Kier molecular flexibility index (Phi) is 5.38. The molecule has 0 saturated heterocycles. The van der Waals surface area contributed by atoms with Crippen LogP contribution in [0.1, 0.15) is 28.5 Å². The predicted octanol–water partition coefficient (Wildman–Crippen LogP) is 2.25. The van der Waals surface area contributed by atoms with E-state index in [0.29, 0.717) is 12.1 Å². The van der Waals surface area contributed by atoms with Crippen LogP contribution in [0.4, 0.5) is 13.2 Å². The second-order valence-corrected chi connectivity index (χ2v) is 5.06. The van der Waals surface area contributed by atoms with Crippen LogP contribution in [0.15, 0.2) is 41.5 Å². The minimum atomic E-state index is -4.61. The third-order valence-corrected chi connectivity index (χ3v) is 3.41. The molecule has 0 aliphatic heterocycles. The smallest absolute Gasteiger partial charge is 0.350 e. The van der Waals surface area contributed by atoms with Crippen molar-refractivity contribution in [3.8, 4) is 0 Å². The molecule has 0 aliphatic rings. The van der Waals surface area contributed by atoms with E-state index in [1.54, 1.807) is 0 Å². The lowest BCUT2D eigenvalue weighted by Gasteiger charge is -2.13. The van der Waals surface area contributed by atoms with Gasteiger partial charge in [-0.2, -0.15) is 13.2 Å². The molecule has 1 aromatic carbocycles. The van der Waals surface area contributed by atoms with Gasteiger partial charge in [-0.3, -0.25) is 14.2 Å². The predicted molar refractivity (Wildman–Crippen MR) is 81.7 cm³/mol. The van der Waals surface area contributed by atoms with Crippen LogP contribution in [0.2, 0.25) is 0 Å². The zero-order chi connectivity index (χ0) is 17.7. The van der Waals surface area contributed by atoms with Crippen molar-refractivity contribution in [2.45, 2.75) is 26.1 Å². The number of amides is 1. The van der Waals surface area contributed by atoms with E-state index in [0.717, 1.165) is 12.1 Å². The van der Waals surface area contributed by atoms with Crippen molar-refractivity contribution < 1.29 is 18.0 Å². The van der Waals surface area contributed by atoms with Crippen molar-refractivity contribution in [1.82, 2.24) is 14.9 Å². The molecule has 0 radical (unpaired) electrons. The summed E-state index contributed by atoms with van der Waals surface area (Å²) in [7, 11) is 0. The van der Waals surface area contributed by atoms with E-state index in [1.165, 1.54) is 29.1 Å². The molecule has 24 heavy (non-hydrogen) atoms. The largest absolute Gasteiger partial charge is 0.417 e. The second-order valence-electron chi connectivity index (χ2n) is 5.06. The Labute approximate surface area is 136 Å². The van der Waals surface area contributed by atoms with Crippen LogP contribution in [0, 0.1) is 0 Å². The molecule has 1 amide bonds. The first-order chi connectivity index (χ1) is 11.3. The van der Waals surface area contributed by atoms with E-state index in [4.69, 9.17) is 0 Å². The van der Waals surface area contributed by atoms with Crippen molar-refractivity contribution in [2.24, 2.45) is 0 Å². The van der Waals surface area contributed by atoms with Gasteiger partial charge in [-0.15, -0.1) is 0 Å². The third-order valence-electron chi connectivity index (χ3n) is 3.41. The zero-order valence-electron chi connectivity index (χ0n) is 12.9. The van der Waals surface area contributed by atoms with Crippen molar-refractivity contribution in [3.63, 3.8) is 0 Å². The molecule has 2 aromatic rings. The highest BCUT2D eigenvalue weighted by Crippen LogP contribution is 2.31. The lowest BCUT2D eigenvalue weighted by atomic mass is 10.1.